The van der Waals surface area contributed by atoms with E-state index in [0.29, 0.717) is 0 Å². The van der Waals surface area contributed by atoms with E-state index < -0.39 is 45.0 Å². The SMILES string of the molecule is O=P(O)(O)OC[C@H]1O[C@@](O)(C(F)F)[C@@H](O)[C@@H]1O. The smallest absolute Gasteiger partial charge is 0.387 e. The van der Waals surface area contributed by atoms with Gasteiger partial charge in [0.25, 0.3) is 12.2 Å². The van der Waals surface area contributed by atoms with E-state index >= 15 is 0 Å². The Bertz CT molecular complexity index is 321. The molecule has 17 heavy (non-hydrogen) atoms. The van der Waals surface area contributed by atoms with Gasteiger partial charge >= 0.3 is 7.82 Å². The van der Waals surface area contributed by atoms with Gasteiger partial charge in [0.15, 0.2) is 0 Å². The lowest BCUT2D eigenvalue weighted by Gasteiger charge is -2.24. The van der Waals surface area contributed by atoms with Gasteiger partial charge in [-0.25, -0.2) is 13.3 Å². The average molecular weight is 280 g/mol. The van der Waals surface area contributed by atoms with Crippen LogP contribution in [0.5, 0.6) is 0 Å². The number of hydrogen-bond acceptors (Lipinski definition) is 6. The number of ether oxygens (including phenoxy) is 1. The molecule has 4 atom stereocenters. The Morgan fingerprint density at radius 3 is 2.29 bits per heavy atom. The van der Waals surface area contributed by atoms with E-state index in [2.05, 4.69) is 9.26 Å². The largest absolute Gasteiger partial charge is 0.469 e. The number of alkyl halides is 2. The number of aliphatic hydroxyl groups excluding tert-OH is 2. The number of rotatable bonds is 4. The Hall–Kier alpha value is -0.190. The van der Waals surface area contributed by atoms with E-state index in [4.69, 9.17) is 14.9 Å². The summed E-state index contributed by atoms with van der Waals surface area (Å²) in [7, 11) is -4.87. The minimum Gasteiger partial charge on any atom is -0.387 e. The van der Waals surface area contributed by atoms with Crippen molar-refractivity contribution >= 4 is 7.82 Å². The predicted molar refractivity (Wildman–Crippen MR) is 45.8 cm³/mol. The summed E-state index contributed by atoms with van der Waals surface area (Å²) in [5.41, 5.74) is 0. The monoisotopic (exact) mass is 280 g/mol. The fourth-order valence-electron chi connectivity index (χ4n) is 1.31. The molecular weight excluding hydrogens is 269 g/mol. The molecule has 102 valence electrons. The highest BCUT2D eigenvalue weighted by Gasteiger charge is 2.59. The Morgan fingerprint density at radius 1 is 1.41 bits per heavy atom. The number of aliphatic hydroxyl groups is 3. The third kappa shape index (κ3) is 3.18. The summed E-state index contributed by atoms with van der Waals surface area (Å²) in [6.45, 7) is -0.961. The molecule has 0 bridgehead atoms. The molecule has 1 aliphatic heterocycles. The van der Waals surface area contributed by atoms with Gasteiger partial charge in [0.2, 0.25) is 0 Å². The van der Waals surface area contributed by atoms with Crippen molar-refractivity contribution in [3.8, 4) is 0 Å². The van der Waals surface area contributed by atoms with E-state index in [1.54, 1.807) is 0 Å². The lowest BCUT2D eigenvalue weighted by Crippen LogP contribution is -2.48. The van der Waals surface area contributed by atoms with Crippen LogP contribution in [-0.4, -0.2) is 62.2 Å². The van der Waals surface area contributed by atoms with Crippen LogP contribution in [0.15, 0.2) is 0 Å². The first-order valence-electron chi connectivity index (χ1n) is 4.32. The minimum absolute atomic E-state index is 0.961. The standard InChI is InChI=1S/C6H11F2O8P/c7-5(8)6(11)4(10)3(9)2(16-6)1-15-17(12,13)14/h2-5,9-11H,1H2,(H2,12,13,14)/t2-,3-,4+,6-/m1/s1. The van der Waals surface area contributed by atoms with Crippen LogP contribution in [0.1, 0.15) is 0 Å². The first-order valence-corrected chi connectivity index (χ1v) is 5.85. The summed E-state index contributed by atoms with van der Waals surface area (Å²) in [4.78, 5) is 16.7. The zero-order valence-corrected chi connectivity index (χ0v) is 9.07. The first-order chi connectivity index (χ1) is 7.58. The first kappa shape index (κ1) is 14.9. The quantitative estimate of drug-likeness (QED) is 0.379. The summed E-state index contributed by atoms with van der Waals surface area (Å²) in [5.74, 6) is -3.29. The van der Waals surface area contributed by atoms with Gasteiger partial charge < -0.3 is 29.8 Å². The van der Waals surface area contributed by atoms with Gasteiger partial charge in [-0.15, -0.1) is 0 Å². The van der Waals surface area contributed by atoms with Crippen LogP contribution in [0.2, 0.25) is 0 Å². The Labute approximate surface area is 93.6 Å². The van der Waals surface area contributed by atoms with E-state index in [0.717, 1.165) is 0 Å². The number of hydrogen-bond donors (Lipinski definition) is 5. The van der Waals surface area contributed by atoms with Crippen molar-refractivity contribution in [2.45, 2.75) is 30.5 Å². The van der Waals surface area contributed by atoms with Crippen molar-refractivity contribution in [1.82, 2.24) is 0 Å². The van der Waals surface area contributed by atoms with Crippen LogP contribution in [-0.2, 0) is 13.8 Å². The summed E-state index contributed by atoms with van der Waals surface area (Å²) in [6.07, 6.45) is -9.46. The van der Waals surface area contributed by atoms with Crippen LogP contribution >= 0.6 is 7.82 Å². The molecule has 1 aliphatic rings. The van der Waals surface area contributed by atoms with Crippen LogP contribution in [0.25, 0.3) is 0 Å². The molecular formula is C6H11F2O8P. The zero-order valence-electron chi connectivity index (χ0n) is 8.18. The van der Waals surface area contributed by atoms with Crippen LogP contribution in [0, 0.1) is 0 Å². The Balaban J connectivity index is 2.69. The van der Waals surface area contributed by atoms with Gasteiger partial charge in [0.1, 0.15) is 18.3 Å². The van der Waals surface area contributed by atoms with Gasteiger partial charge in [0.05, 0.1) is 6.61 Å². The van der Waals surface area contributed by atoms with E-state index in [-0.39, 0.29) is 0 Å². The second-order valence-electron chi connectivity index (χ2n) is 3.43. The number of halogens is 2. The second-order valence-corrected chi connectivity index (χ2v) is 4.67. The minimum atomic E-state index is -4.87. The number of phosphoric ester groups is 1. The van der Waals surface area contributed by atoms with Crippen LogP contribution in [0.3, 0.4) is 0 Å². The van der Waals surface area contributed by atoms with Gasteiger partial charge in [0, 0.05) is 0 Å². The summed E-state index contributed by atoms with van der Waals surface area (Å²) in [5, 5.41) is 27.5. The zero-order chi connectivity index (χ0) is 13.4. The molecule has 0 spiro atoms. The third-order valence-corrected chi connectivity index (χ3v) is 2.67. The highest BCUT2D eigenvalue weighted by Crippen LogP contribution is 2.39. The normalized spacial score (nSPS) is 38.9. The lowest BCUT2D eigenvalue weighted by molar-refractivity contribution is -0.288. The molecule has 0 unspecified atom stereocenters. The van der Waals surface area contributed by atoms with Gasteiger partial charge in [-0.1, -0.05) is 0 Å². The third-order valence-electron chi connectivity index (χ3n) is 2.19. The maximum Gasteiger partial charge on any atom is 0.469 e. The van der Waals surface area contributed by atoms with Gasteiger partial charge in [-0.3, -0.25) is 4.52 Å². The number of phosphoric acid groups is 1. The molecule has 0 aromatic heterocycles. The molecule has 1 fully saturated rings. The molecule has 1 heterocycles. The molecule has 1 saturated heterocycles. The maximum atomic E-state index is 12.4. The summed E-state index contributed by atoms with van der Waals surface area (Å²) < 4.78 is 43.2. The summed E-state index contributed by atoms with van der Waals surface area (Å²) in [6, 6.07) is 0. The summed E-state index contributed by atoms with van der Waals surface area (Å²) >= 11 is 0. The maximum absolute atomic E-state index is 12.4. The molecule has 5 N–H and O–H groups in total. The molecule has 0 aromatic carbocycles. The van der Waals surface area contributed by atoms with E-state index in [1.165, 1.54) is 0 Å². The van der Waals surface area contributed by atoms with Crippen molar-refractivity contribution in [2.75, 3.05) is 6.61 Å². The van der Waals surface area contributed by atoms with Crippen molar-refractivity contribution in [3.05, 3.63) is 0 Å². The second kappa shape index (κ2) is 4.82. The molecule has 0 amide bonds. The highest BCUT2D eigenvalue weighted by molar-refractivity contribution is 7.46. The molecule has 0 aromatic rings. The lowest BCUT2D eigenvalue weighted by atomic mass is 10.1. The molecule has 0 radical (unpaired) electrons. The highest BCUT2D eigenvalue weighted by atomic mass is 31.2. The van der Waals surface area contributed by atoms with Crippen molar-refractivity contribution in [1.29, 1.82) is 0 Å². The molecule has 11 heteroatoms. The Kier molecular flexibility index (Phi) is 4.22. The van der Waals surface area contributed by atoms with Crippen LogP contribution in [0.4, 0.5) is 8.78 Å². The van der Waals surface area contributed by atoms with E-state index in [9.17, 15) is 23.6 Å². The average Bonchev–Trinajstić information content (AvgIpc) is 2.40. The molecule has 8 nitrogen and oxygen atoms in total. The topological polar surface area (TPSA) is 137 Å². The fraction of sp³-hybridized carbons (Fsp3) is 1.00. The van der Waals surface area contributed by atoms with Crippen molar-refractivity contribution in [2.24, 2.45) is 0 Å². The van der Waals surface area contributed by atoms with Gasteiger partial charge in [-0.05, 0) is 0 Å². The predicted octanol–water partition coefficient (Wildman–Crippen LogP) is -1.83. The van der Waals surface area contributed by atoms with Crippen molar-refractivity contribution in [3.63, 3.8) is 0 Å². The van der Waals surface area contributed by atoms with Crippen LogP contribution < -0.4 is 0 Å². The molecule has 0 saturated carbocycles. The Morgan fingerprint density at radius 2 is 1.94 bits per heavy atom. The fourth-order valence-corrected chi connectivity index (χ4v) is 1.65. The molecule has 0 aliphatic carbocycles. The van der Waals surface area contributed by atoms with E-state index in [1.807, 2.05) is 0 Å². The molecule has 1 rings (SSSR count). The van der Waals surface area contributed by atoms with Crippen molar-refractivity contribution < 1.29 is 47.7 Å². The van der Waals surface area contributed by atoms with Gasteiger partial charge in [-0.2, -0.15) is 0 Å².